The molecule has 1 aromatic carbocycles. The van der Waals surface area contributed by atoms with Gasteiger partial charge in [0.2, 0.25) is 11.7 Å². The van der Waals surface area contributed by atoms with E-state index < -0.39 is 11.7 Å². The number of rotatable bonds is 5. The van der Waals surface area contributed by atoms with Crippen LogP contribution in [-0.4, -0.2) is 55.5 Å². The highest BCUT2D eigenvalue weighted by molar-refractivity contribution is 5.55. The highest BCUT2D eigenvalue weighted by Gasteiger charge is 2.31. The van der Waals surface area contributed by atoms with E-state index in [4.69, 9.17) is 4.52 Å². The van der Waals surface area contributed by atoms with Crippen LogP contribution in [0.1, 0.15) is 30.1 Å². The molecule has 1 saturated heterocycles. The maximum absolute atomic E-state index is 13.0. The third-order valence-corrected chi connectivity index (χ3v) is 6.21. The molecular formula is C24H23F3N6O2. The van der Waals surface area contributed by atoms with Crippen LogP contribution in [0, 0.1) is 0 Å². The summed E-state index contributed by atoms with van der Waals surface area (Å²) in [7, 11) is 0. The number of pyridine rings is 1. The third kappa shape index (κ3) is 4.96. The molecule has 1 fully saturated rings. The van der Waals surface area contributed by atoms with Crippen molar-refractivity contribution in [2.75, 3.05) is 26.2 Å². The van der Waals surface area contributed by atoms with Crippen LogP contribution in [-0.2, 0) is 12.7 Å². The average Bonchev–Trinajstić information content (AvgIpc) is 3.34. The molecule has 11 heteroatoms. The molecule has 35 heavy (non-hydrogen) atoms. The monoisotopic (exact) mass is 484 g/mol. The van der Waals surface area contributed by atoms with E-state index in [-0.39, 0.29) is 23.0 Å². The molecule has 0 spiro atoms. The Morgan fingerprint density at radius 2 is 1.83 bits per heavy atom. The van der Waals surface area contributed by atoms with Crippen LogP contribution in [0.25, 0.3) is 17.0 Å². The van der Waals surface area contributed by atoms with Crippen LogP contribution in [0.5, 0.6) is 0 Å². The molecule has 0 unspecified atom stereocenters. The fourth-order valence-corrected chi connectivity index (χ4v) is 4.23. The molecule has 0 radical (unpaired) electrons. The first-order valence-corrected chi connectivity index (χ1v) is 11.2. The summed E-state index contributed by atoms with van der Waals surface area (Å²) < 4.78 is 46.0. The number of halogens is 3. The average molecular weight is 484 g/mol. The first-order chi connectivity index (χ1) is 16.8. The fraction of sp³-hybridized carbons (Fsp3) is 0.333. The van der Waals surface area contributed by atoms with E-state index in [9.17, 15) is 18.0 Å². The van der Waals surface area contributed by atoms with E-state index in [1.807, 2.05) is 19.1 Å². The van der Waals surface area contributed by atoms with Gasteiger partial charge in [0.15, 0.2) is 0 Å². The van der Waals surface area contributed by atoms with Crippen molar-refractivity contribution in [2.24, 2.45) is 0 Å². The number of benzene rings is 1. The van der Waals surface area contributed by atoms with Crippen molar-refractivity contribution in [1.82, 2.24) is 29.3 Å². The van der Waals surface area contributed by atoms with E-state index in [1.54, 1.807) is 18.3 Å². The normalized spacial score (nSPS) is 16.6. The van der Waals surface area contributed by atoms with Crippen LogP contribution >= 0.6 is 0 Å². The summed E-state index contributed by atoms with van der Waals surface area (Å²) >= 11 is 0. The molecule has 8 nitrogen and oxygen atoms in total. The number of alkyl halides is 3. The molecule has 0 saturated carbocycles. The van der Waals surface area contributed by atoms with Crippen LogP contribution in [0.15, 0.2) is 64.0 Å². The minimum absolute atomic E-state index is 0.106. The first kappa shape index (κ1) is 23.2. The largest absolute Gasteiger partial charge is 0.416 e. The van der Waals surface area contributed by atoms with Crippen LogP contribution in [0.3, 0.4) is 0 Å². The number of hydrogen-bond donors (Lipinski definition) is 0. The Balaban J connectivity index is 1.22. The van der Waals surface area contributed by atoms with Gasteiger partial charge >= 0.3 is 6.18 Å². The van der Waals surface area contributed by atoms with Gasteiger partial charge < -0.3 is 4.52 Å². The van der Waals surface area contributed by atoms with Crippen molar-refractivity contribution in [3.05, 3.63) is 82.2 Å². The quantitative estimate of drug-likeness (QED) is 0.428. The molecule has 0 amide bonds. The predicted molar refractivity (Wildman–Crippen MR) is 121 cm³/mol. The van der Waals surface area contributed by atoms with E-state index in [2.05, 4.69) is 24.9 Å². The smallest absolute Gasteiger partial charge is 0.337 e. The van der Waals surface area contributed by atoms with Gasteiger partial charge in [0.1, 0.15) is 5.65 Å². The van der Waals surface area contributed by atoms with E-state index >= 15 is 0 Å². The molecule has 1 aliphatic rings. The lowest BCUT2D eigenvalue weighted by atomic mass is 10.1. The molecule has 4 heterocycles. The standard InChI is InChI=1S/C24H23F3N6O2/c1-16(23-29-22(30-35-23)17-5-4-6-18(13-17)24(25,26)27)32-11-9-31(10-12-32)15-19-14-21(34)33-8-3-2-7-20(33)28-19/h2-8,13-14,16H,9-12,15H2,1H3/t16-/m1/s1. The molecule has 1 atom stereocenters. The molecular weight excluding hydrogens is 461 g/mol. The van der Waals surface area contributed by atoms with Crippen LogP contribution in [0.4, 0.5) is 13.2 Å². The number of piperazine rings is 1. The second-order valence-corrected chi connectivity index (χ2v) is 8.54. The van der Waals surface area contributed by atoms with Gasteiger partial charge in [-0.2, -0.15) is 18.2 Å². The highest BCUT2D eigenvalue weighted by Crippen LogP contribution is 2.32. The van der Waals surface area contributed by atoms with Crippen molar-refractivity contribution >= 4 is 5.65 Å². The second-order valence-electron chi connectivity index (χ2n) is 8.54. The lowest BCUT2D eigenvalue weighted by Gasteiger charge is -2.36. The van der Waals surface area contributed by atoms with Crippen molar-refractivity contribution in [3.63, 3.8) is 0 Å². The van der Waals surface area contributed by atoms with Crippen molar-refractivity contribution < 1.29 is 17.7 Å². The van der Waals surface area contributed by atoms with Crippen LogP contribution in [0.2, 0.25) is 0 Å². The van der Waals surface area contributed by atoms with E-state index in [0.29, 0.717) is 18.1 Å². The van der Waals surface area contributed by atoms with Gasteiger partial charge in [0, 0.05) is 50.6 Å². The molecule has 0 N–H and O–H groups in total. The fourth-order valence-electron chi connectivity index (χ4n) is 4.23. The zero-order valence-corrected chi connectivity index (χ0v) is 18.9. The van der Waals surface area contributed by atoms with Crippen molar-refractivity contribution in [1.29, 1.82) is 0 Å². The van der Waals surface area contributed by atoms with Gasteiger partial charge in [-0.05, 0) is 31.2 Å². The third-order valence-electron chi connectivity index (χ3n) is 6.21. The number of fused-ring (bicyclic) bond motifs is 1. The molecule has 1 aliphatic heterocycles. The maximum Gasteiger partial charge on any atom is 0.416 e. The molecule has 0 bridgehead atoms. The Kier molecular flexibility index (Phi) is 6.12. The zero-order chi connectivity index (χ0) is 24.6. The van der Waals surface area contributed by atoms with E-state index in [1.165, 1.54) is 16.5 Å². The Hall–Kier alpha value is -3.57. The second kappa shape index (κ2) is 9.23. The summed E-state index contributed by atoms with van der Waals surface area (Å²) in [5.41, 5.74) is 0.742. The van der Waals surface area contributed by atoms with Crippen molar-refractivity contribution in [3.8, 4) is 11.4 Å². The summed E-state index contributed by atoms with van der Waals surface area (Å²) in [6.07, 6.45) is -2.74. The summed E-state index contributed by atoms with van der Waals surface area (Å²) in [5, 5.41) is 3.90. The zero-order valence-electron chi connectivity index (χ0n) is 18.9. The lowest BCUT2D eigenvalue weighted by Crippen LogP contribution is -2.46. The van der Waals surface area contributed by atoms with Gasteiger partial charge in [-0.3, -0.25) is 19.0 Å². The Morgan fingerprint density at radius 1 is 1.03 bits per heavy atom. The summed E-state index contributed by atoms with van der Waals surface area (Å²) in [6.45, 7) is 5.49. The SMILES string of the molecule is C[C@H](c1nc(-c2cccc(C(F)(F)F)c2)no1)N1CCN(Cc2cc(=O)n3ccccc3n2)CC1. The van der Waals surface area contributed by atoms with Gasteiger partial charge in [-0.25, -0.2) is 4.98 Å². The van der Waals surface area contributed by atoms with Gasteiger partial charge in [-0.1, -0.05) is 23.4 Å². The van der Waals surface area contributed by atoms with Gasteiger partial charge in [-0.15, -0.1) is 0 Å². The van der Waals surface area contributed by atoms with Gasteiger partial charge in [0.05, 0.1) is 17.3 Å². The molecule has 182 valence electrons. The number of aromatic nitrogens is 4. The Bertz CT molecular complexity index is 1390. The summed E-state index contributed by atoms with van der Waals surface area (Å²) in [5.74, 6) is 0.486. The first-order valence-electron chi connectivity index (χ1n) is 11.2. The molecule has 3 aromatic heterocycles. The lowest BCUT2D eigenvalue weighted by molar-refractivity contribution is -0.137. The molecule has 0 aliphatic carbocycles. The minimum atomic E-state index is -4.44. The molecule has 5 rings (SSSR count). The summed E-state index contributed by atoms with van der Waals surface area (Å²) in [4.78, 5) is 25.7. The predicted octanol–water partition coefficient (Wildman–Crippen LogP) is 3.64. The van der Waals surface area contributed by atoms with Gasteiger partial charge in [0.25, 0.3) is 5.56 Å². The maximum atomic E-state index is 13.0. The Morgan fingerprint density at radius 3 is 2.60 bits per heavy atom. The number of hydrogen-bond acceptors (Lipinski definition) is 7. The van der Waals surface area contributed by atoms with Crippen molar-refractivity contribution in [2.45, 2.75) is 25.7 Å². The summed E-state index contributed by atoms with van der Waals surface area (Å²) in [6, 6.07) is 11.7. The minimum Gasteiger partial charge on any atom is -0.337 e. The molecule has 4 aromatic rings. The topological polar surface area (TPSA) is 79.8 Å². The van der Waals surface area contributed by atoms with E-state index in [0.717, 1.165) is 44.0 Å². The highest BCUT2D eigenvalue weighted by atomic mass is 19.4. The number of nitrogens with zero attached hydrogens (tertiary/aromatic N) is 6. The van der Waals surface area contributed by atoms with Crippen LogP contribution < -0.4 is 5.56 Å². The Labute approximate surface area is 198 Å².